The van der Waals surface area contributed by atoms with Gasteiger partial charge in [-0.1, -0.05) is 52.1 Å². The molecule has 5 rings (SSSR count). The van der Waals surface area contributed by atoms with Crippen molar-refractivity contribution in [1.82, 2.24) is 24.8 Å². The average molecular weight is 744 g/mol. The third-order valence-electron chi connectivity index (χ3n) is 8.97. The molecule has 3 heterocycles. The number of hydrogen-bond donors (Lipinski definition) is 5. The average Bonchev–Trinajstić information content (AvgIpc) is 3.57. The van der Waals surface area contributed by atoms with E-state index in [9.17, 15) is 19.2 Å². The summed E-state index contributed by atoms with van der Waals surface area (Å²) in [5.41, 5.74) is 9.23. The zero-order valence-electron chi connectivity index (χ0n) is 30.5. The van der Waals surface area contributed by atoms with Crippen molar-refractivity contribution < 1.29 is 23.6 Å². The molecule has 1 aliphatic heterocycles. The third kappa shape index (κ3) is 9.40. The predicted molar refractivity (Wildman–Crippen MR) is 206 cm³/mol. The van der Waals surface area contributed by atoms with Gasteiger partial charge in [0.05, 0.1) is 12.2 Å². The summed E-state index contributed by atoms with van der Waals surface area (Å²) in [6.45, 7) is 13.7. The highest BCUT2D eigenvalue weighted by molar-refractivity contribution is 7.99. The molecule has 4 amide bonds. The summed E-state index contributed by atoms with van der Waals surface area (Å²) in [5, 5.41) is 16.1. The van der Waals surface area contributed by atoms with Crippen molar-refractivity contribution in [1.29, 1.82) is 0 Å². The van der Waals surface area contributed by atoms with Crippen molar-refractivity contribution in [3.63, 3.8) is 0 Å². The van der Waals surface area contributed by atoms with Gasteiger partial charge < -0.3 is 31.9 Å². The number of nitrogens with two attached hydrogens (primary N) is 1. The van der Waals surface area contributed by atoms with Crippen molar-refractivity contribution in [2.75, 3.05) is 29.0 Å². The minimum Gasteiger partial charge on any atom is -0.343 e. The van der Waals surface area contributed by atoms with Gasteiger partial charge in [-0.2, -0.15) is 14.0 Å². The zero-order chi connectivity index (χ0) is 38.4. The van der Waals surface area contributed by atoms with E-state index in [0.717, 1.165) is 11.6 Å². The molecule has 280 valence electrons. The number of rotatable bonds is 13. The van der Waals surface area contributed by atoms with Gasteiger partial charge in [0.15, 0.2) is 17.3 Å². The lowest BCUT2D eigenvalue weighted by molar-refractivity contribution is -0.137. The van der Waals surface area contributed by atoms with Gasteiger partial charge in [-0.15, -0.1) is 0 Å². The molecule has 2 aromatic carbocycles. The van der Waals surface area contributed by atoms with Gasteiger partial charge >= 0.3 is 0 Å². The Balaban J connectivity index is 1.30. The number of benzene rings is 2. The van der Waals surface area contributed by atoms with E-state index in [4.69, 9.17) is 10.7 Å². The van der Waals surface area contributed by atoms with Crippen molar-refractivity contribution >= 4 is 63.9 Å². The second kappa shape index (κ2) is 17.0. The number of aromatic nitrogens is 3. The Morgan fingerprint density at radius 2 is 1.66 bits per heavy atom. The number of likely N-dealkylation sites (tertiary alicyclic amines) is 1. The molecule has 1 fully saturated rings. The third-order valence-corrected chi connectivity index (χ3v) is 10.3. The summed E-state index contributed by atoms with van der Waals surface area (Å²) in [7, 11) is 0. The molecule has 53 heavy (non-hydrogen) atoms. The highest BCUT2D eigenvalue weighted by Crippen LogP contribution is 2.36. The highest BCUT2D eigenvalue weighted by Gasteiger charge is 2.30. The van der Waals surface area contributed by atoms with Crippen LogP contribution >= 0.6 is 11.8 Å². The van der Waals surface area contributed by atoms with Crippen molar-refractivity contribution in [3.8, 4) is 0 Å². The number of nitrogens with zero attached hydrogens (tertiary/aromatic N) is 4. The molecule has 6 N–H and O–H groups in total. The molecular formula is C38H46FN9O4S. The topological polar surface area (TPSA) is 176 Å². The maximum atomic E-state index is 16.5. The van der Waals surface area contributed by atoms with Gasteiger partial charge in [-0.25, -0.2) is 4.98 Å². The van der Waals surface area contributed by atoms with Crippen LogP contribution in [0.1, 0.15) is 69.3 Å². The molecule has 0 spiro atoms. The van der Waals surface area contributed by atoms with E-state index in [0.29, 0.717) is 54.2 Å². The number of halogens is 1. The zero-order valence-corrected chi connectivity index (χ0v) is 31.3. The van der Waals surface area contributed by atoms with Crippen LogP contribution in [0.4, 0.5) is 27.3 Å². The monoisotopic (exact) mass is 743 g/mol. The number of piperidine rings is 1. The van der Waals surface area contributed by atoms with Crippen LogP contribution in [0.25, 0.3) is 5.65 Å². The molecule has 1 aliphatic rings. The summed E-state index contributed by atoms with van der Waals surface area (Å²) in [5.74, 6) is -1.71. The molecule has 0 radical (unpaired) electrons. The number of carbonyl (C=O) groups is 4. The molecule has 2 atom stereocenters. The number of hydrogen-bond acceptors (Lipinski definition) is 9. The molecule has 2 aromatic heterocycles. The van der Waals surface area contributed by atoms with E-state index >= 15 is 4.39 Å². The Labute approximate surface area is 312 Å². The van der Waals surface area contributed by atoms with Crippen molar-refractivity contribution in [2.45, 2.75) is 75.7 Å². The molecule has 0 unspecified atom stereocenters. The second-order valence-electron chi connectivity index (χ2n) is 13.6. The first kappa shape index (κ1) is 38.9. The maximum absolute atomic E-state index is 16.5. The number of fused-ring (bicyclic) bond motifs is 1. The van der Waals surface area contributed by atoms with E-state index in [2.05, 4.69) is 32.9 Å². The Morgan fingerprint density at radius 1 is 0.981 bits per heavy atom. The SMILES string of the molecule is C=CC(=O)Nc1ccc(C(=O)Nc2cccc(Nc3c(F)c(SC4CCN(C(=O)[C@H](C)NC(=O)[C@@H](N)C(C)C)CC4)nc4c(C(C)C)cnn34)c2)cc1. The lowest BCUT2D eigenvalue weighted by Crippen LogP contribution is -2.53. The summed E-state index contributed by atoms with van der Waals surface area (Å²) in [6.07, 6.45) is 4.08. The van der Waals surface area contributed by atoms with Crippen LogP contribution < -0.4 is 27.0 Å². The number of anilines is 4. The Hall–Kier alpha value is -5.28. The van der Waals surface area contributed by atoms with Crippen LogP contribution in [0.3, 0.4) is 0 Å². The predicted octanol–water partition coefficient (Wildman–Crippen LogP) is 5.68. The van der Waals surface area contributed by atoms with Gasteiger partial charge in [0.2, 0.25) is 17.7 Å². The molecule has 0 aliphatic carbocycles. The number of thioether (sulfide) groups is 1. The lowest BCUT2D eigenvalue weighted by atomic mass is 10.0. The Morgan fingerprint density at radius 3 is 2.30 bits per heavy atom. The van der Waals surface area contributed by atoms with Crippen molar-refractivity contribution in [3.05, 3.63) is 84.3 Å². The van der Waals surface area contributed by atoms with E-state index in [1.807, 2.05) is 27.7 Å². The van der Waals surface area contributed by atoms with Gasteiger partial charge in [0.25, 0.3) is 5.91 Å². The van der Waals surface area contributed by atoms with Gasteiger partial charge in [0.1, 0.15) is 11.1 Å². The van der Waals surface area contributed by atoms with Gasteiger partial charge in [-0.05, 0) is 80.1 Å². The summed E-state index contributed by atoms with van der Waals surface area (Å²) in [4.78, 5) is 56.6. The minimum absolute atomic E-state index is 0.00751. The molecule has 13 nitrogen and oxygen atoms in total. The summed E-state index contributed by atoms with van der Waals surface area (Å²) >= 11 is 1.33. The maximum Gasteiger partial charge on any atom is 0.255 e. The molecule has 4 aromatic rings. The van der Waals surface area contributed by atoms with Crippen LogP contribution in [0.5, 0.6) is 0 Å². The lowest BCUT2D eigenvalue weighted by Gasteiger charge is -2.33. The normalized spacial score (nSPS) is 14.5. The first-order valence-corrected chi connectivity index (χ1v) is 18.4. The number of amides is 4. The van der Waals surface area contributed by atoms with Crippen LogP contribution in [0.2, 0.25) is 0 Å². The fraction of sp³-hybridized carbons (Fsp3) is 0.368. The van der Waals surface area contributed by atoms with E-state index in [-0.39, 0.29) is 51.6 Å². The van der Waals surface area contributed by atoms with Crippen LogP contribution in [-0.2, 0) is 14.4 Å². The van der Waals surface area contributed by atoms with E-state index in [1.165, 1.54) is 16.3 Å². The first-order chi connectivity index (χ1) is 25.2. The van der Waals surface area contributed by atoms with Crippen LogP contribution in [0.15, 0.2) is 72.4 Å². The fourth-order valence-corrected chi connectivity index (χ4v) is 6.88. The summed E-state index contributed by atoms with van der Waals surface area (Å²) in [6, 6.07) is 11.9. The van der Waals surface area contributed by atoms with Crippen LogP contribution in [0, 0.1) is 11.7 Å². The standard InChI is InChI=1S/C38H46FN9O4S/c1-7-30(49)43-25-13-11-24(12-14-25)35(50)45-27-10-8-9-26(19-27)44-34-31(39)37(46-33-29(21(2)3)20-41-48(33)34)53-28-15-17-47(18-16-28)38(52)23(6)42-36(51)32(40)22(4)5/h7-14,19-23,28,32,44H,1,15-18,40H2,2-6H3,(H,42,51)(H,43,49)(H,45,50)/t23-,32-/m0/s1. The Bertz CT molecular complexity index is 1990. The first-order valence-electron chi connectivity index (χ1n) is 17.6. The largest absolute Gasteiger partial charge is 0.343 e. The second-order valence-corrected chi connectivity index (χ2v) is 14.9. The molecule has 1 saturated heterocycles. The van der Waals surface area contributed by atoms with Crippen LogP contribution in [-0.4, -0.2) is 73.5 Å². The van der Waals surface area contributed by atoms with Gasteiger partial charge in [0, 0.05) is 46.5 Å². The van der Waals surface area contributed by atoms with Crippen molar-refractivity contribution in [2.24, 2.45) is 11.7 Å². The van der Waals surface area contributed by atoms with E-state index < -0.39 is 17.9 Å². The Kier molecular flexibility index (Phi) is 12.5. The van der Waals surface area contributed by atoms with Gasteiger partial charge in [-0.3, -0.25) is 19.2 Å². The number of carbonyl (C=O) groups excluding carboxylic acids is 4. The minimum atomic E-state index is -0.709. The smallest absolute Gasteiger partial charge is 0.255 e. The fourth-order valence-electron chi connectivity index (χ4n) is 5.78. The molecular weight excluding hydrogens is 698 g/mol. The number of nitrogens with one attached hydrogen (secondary N) is 4. The molecule has 0 saturated carbocycles. The summed E-state index contributed by atoms with van der Waals surface area (Å²) < 4.78 is 17.9. The highest BCUT2D eigenvalue weighted by atomic mass is 32.2. The molecule has 0 bridgehead atoms. The molecule has 15 heteroatoms. The quantitative estimate of drug-likeness (QED) is 0.0852. The van der Waals surface area contributed by atoms with E-state index in [1.54, 1.807) is 66.6 Å².